The normalized spacial score (nSPS) is 17.4. The molecule has 1 N–H and O–H groups in total. The molecule has 0 unspecified atom stereocenters. The van der Waals surface area contributed by atoms with Crippen LogP contribution in [-0.2, 0) is 21.0 Å². The van der Waals surface area contributed by atoms with E-state index in [0.717, 1.165) is 22.5 Å². The number of amides is 1. The maximum atomic E-state index is 13.3. The fraction of sp³-hybridized carbons (Fsp3) is 0.350. The van der Waals surface area contributed by atoms with E-state index in [2.05, 4.69) is 5.32 Å². The summed E-state index contributed by atoms with van der Waals surface area (Å²) in [5.74, 6) is 0.0129. The predicted molar refractivity (Wildman–Crippen MR) is 109 cm³/mol. The van der Waals surface area contributed by atoms with E-state index in [1.165, 1.54) is 18.2 Å². The van der Waals surface area contributed by atoms with Crippen LogP contribution in [0.5, 0.6) is 11.5 Å². The van der Waals surface area contributed by atoms with Crippen LogP contribution >= 0.6 is 11.6 Å². The van der Waals surface area contributed by atoms with Gasteiger partial charge in [-0.1, -0.05) is 23.7 Å². The lowest BCUT2D eigenvalue weighted by Gasteiger charge is -2.31. The minimum atomic E-state index is -4.80. The summed E-state index contributed by atoms with van der Waals surface area (Å²) in [7, 11) is -4.37. The number of rotatable bonds is 4. The van der Waals surface area contributed by atoms with Gasteiger partial charge in [-0.25, -0.2) is 8.42 Å². The number of hydrogen-bond donors (Lipinski definition) is 1. The number of carbonyl (C=O) groups excluding carboxylic acids is 1. The van der Waals surface area contributed by atoms with Gasteiger partial charge in [0.25, 0.3) is 0 Å². The second-order valence-corrected chi connectivity index (χ2v) is 9.66. The Labute approximate surface area is 187 Å². The molecule has 172 valence electrons. The van der Waals surface area contributed by atoms with Crippen LogP contribution in [0.4, 0.5) is 18.9 Å². The van der Waals surface area contributed by atoms with Gasteiger partial charge in [0.15, 0.2) is 11.5 Å². The number of benzene rings is 2. The molecule has 12 heteroatoms. The van der Waals surface area contributed by atoms with Crippen LogP contribution < -0.4 is 14.8 Å². The van der Waals surface area contributed by atoms with Gasteiger partial charge < -0.3 is 14.8 Å². The number of hydrogen-bond acceptors (Lipinski definition) is 5. The Kier molecular flexibility index (Phi) is 5.99. The highest BCUT2D eigenvalue weighted by molar-refractivity contribution is 7.89. The Hall–Kier alpha value is -2.50. The zero-order valence-corrected chi connectivity index (χ0v) is 18.1. The lowest BCUT2D eigenvalue weighted by atomic mass is 9.97. The summed E-state index contributed by atoms with van der Waals surface area (Å²) in [4.78, 5) is 11.9. The third kappa shape index (κ3) is 4.37. The third-order valence-corrected chi connectivity index (χ3v) is 7.62. The quantitative estimate of drug-likeness (QED) is 0.696. The summed E-state index contributed by atoms with van der Waals surface area (Å²) in [6.45, 7) is -0.115. The second-order valence-electron chi connectivity index (χ2n) is 7.35. The molecule has 2 aliphatic rings. The van der Waals surface area contributed by atoms with Gasteiger partial charge >= 0.3 is 6.18 Å². The zero-order chi connectivity index (χ0) is 23.1. The van der Waals surface area contributed by atoms with Crippen molar-refractivity contribution >= 4 is 33.2 Å². The van der Waals surface area contributed by atoms with E-state index < -0.39 is 32.6 Å². The molecule has 0 radical (unpaired) electrons. The van der Waals surface area contributed by atoms with E-state index in [-0.39, 0.29) is 43.7 Å². The highest BCUT2D eigenvalue weighted by atomic mass is 35.5. The standard InChI is InChI=1S/C20H18ClF3N2O5S/c21-14-9-16-17(31-11-30-16)10-15(14)25-19(27)12-5-7-26(8-6-12)32(28,29)18-4-2-1-3-13(18)20(22,23)24/h1-4,9-10,12H,5-8,11H2,(H,25,27). The van der Waals surface area contributed by atoms with Crippen molar-refractivity contribution in [3.8, 4) is 11.5 Å². The summed E-state index contributed by atoms with van der Waals surface area (Å²) in [5.41, 5.74) is -0.882. The number of fused-ring (bicyclic) bond motifs is 1. The topological polar surface area (TPSA) is 84.9 Å². The molecule has 7 nitrogen and oxygen atoms in total. The van der Waals surface area contributed by atoms with Crippen molar-refractivity contribution in [1.29, 1.82) is 0 Å². The molecule has 0 atom stereocenters. The van der Waals surface area contributed by atoms with Crippen LogP contribution in [-0.4, -0.2) is 38.5 Å². The molecule has 0 bridgehead atoms. The molecular weight excluding hydrogens is 473 g/mol. The number of nitrogens with zero attached hydrogens (tertiary/aromatic N) is 1. The first-order valence-electron chi connectivity index (χ1n) is 9.64. The number of nitrogens with one attached hydrogen (secondary N) is 1. The lowest BCUT2D eigenvalue weighted by Crippen LogP contribution is -2.41. The largest absolute Gasteiger partial charge is 0.454 e. The number of piperidine rings is 1. The van der Waals surface area contributed by atoms with Crippen LogP contribution in [0.25, 0.3) is 0 Å². The molecule has 2 heterocycles. The van der Waals surface area contributed by atoms with Crippen molar-refractivity contribution < 1.29 is 35.9 Å². The van der Waals surface area contributed by atoms with E-state index in [9.17, 15) is 26.4 Å². The number of ether oxygens (including phenoxy) is 2. The highest BCUT2D eigenvalue weighted by Gasteiger charge is 2.40. The first-order valence-corrected chi connectivity index (χ1v) is 11.5. The Morgan fingerprint density at radius 2 is 1.72 bits per heavy atom. The monoisotopic (exact) mass is 490 g/mol. The van der Waals surface area contributed by atoms with Crippen molar-refractivity contribution in [2.45, 2.75) is 23.9 Å². The van der Waals surface area contributed by atoms with Crippen LogP contribution in [0.1, 0.15) is 18.4 Å². The van der Waals surface area contributed by atoms with Crippen LogP contribution in [0.2, 0.25) is 5.02 Å². The minimum absolute atomic E-state index is 0.0491. The van der Waals surface area contributed by atoms with Crippen LogP contribution in [0.3, 0.4) is 0 Å². The molecule has 2 aromatic rings. The van der Waals surface area contributed by atoms with E-state index >= 15 is 0 Å². The van der Waals surface area contributed by atoms with Crippen molar-refractivity contribution in [1.82, 2.24) is 4.31 Å². The van der Waals surface area contributed by atoms with E-state index in [0.29, 0.717) is 17.2 Å². The molecular formula is C20H18ClF3N2O5S. The van der Waals surface area contributed by atoms with Gasteiger partial charge in [0.05, 0.1) is 21.2 Å². The predicted octanol–water partition coefficient (Wildman–Crippen LogP) is 4.13. The van der Waals surface area contributed by atoms with Crippen molar-refractivity contribution in [3.63, 3.8) is 0 Å². The molecule has 2 aromatic carbocycles. The van der Waals surface area contributed by atoms with Crippen molar-refractivity contribution in [3.05, 3.63) is 47.0 Å². The minimum Gasteiger partial charge on any atom is -0.454 e. The Morgan fingerprint density at radius 1 is 1.09 bits per heavy atom. The number of sulfonamides is 1. The molecule has 0 saturated carbocycles. The molecule has 0 aliphatic carbocycles. The van der Waals surface area contributed by atoms with E-state index in [4.69, 9.17) is 21.1 Å². The first-order chi connectivity index (χ1) is 15.1. The molecule has 4 rings (SSSR count). The van der Waals surface area contributed by atoms with Gasteiger partial charge in [0.2, 0.25) is 22.7 Å². The van der Waals surface area contributed by atoms with Gasteiger partial charge in [-0.3, -0.25) is 4.79 Å². The maximum Gasteiger partial charge on any atom is 0.417 e. The van der Waals surface area contributed by atoms with Gasteiger partial charge in [-0.15, -0.1) is 0 Å². The molecule has 0 spiro atoms. The summed E-state index contributed by atoms with van der Waals surface area (Å²) < 4.78 is 77.0. The molecule has 0 aromatic heterocycles. The second kappa shape index (κ2) is 8.45. The Morgan fingerprint density at radius 3 is 2.38 bits per heavy atom. The molecule has 1 saturated heterocycles. The number of alkyl halides is 3. The van der Waals surface area contributed by atoms with E-state index in [1.54, 1.807) is 0 Å². The summed E-state index contributed by atoms with van der Waals surface area (Å²) in [6.07, 6.45) is -4.49. The van der Waals surface area contributed by atoms with Crippen molar-refractivity contribution in [2.24, 2.45) is 5.92 Å². The fourth-order valence-electron chi connectivity index (χ4n) is 3.67. The molecule has 32 heavy (non-hydrogen) atoms. The smallest absolute Gasteiger partial charge is 0.417 e. The number of carbonyl (C=O) groups is 1. The Balaban J connectivity index is 1.44. The van der Waals surface area contributed by atoms with E-state index in [1.807, 2.05) is 0 Å². The van der Waals surface area contributed by atoms with Crippen LogP contribution in [0.15, 0.2) is 41.3 Å². The summed E-state index contributed by atoms with van der Waals surface area (Å²) in [5, 5.41) is 2.96. The molecule has 1 amide bonds. The third-order valence-electron chi connectivity index (χ3n) is 5.36. The zero-order valence-electron chi connectivity index (χ0n) is 16.5. The summed E-state index contributed by atoms with van der Waals surface area (Å²) >= 11 is 6.16. The molecule has 1 fully saturated rings. The van der Waals surface area contributed by atoms with Gasteiger partial charge in [0.1, 0.15) is 0 Å². The SMILES string of the molecule is O=C(Nc1cc2c(cc1Cl)OCO2)C1CCN(S(=O)(=O)c2ccccc2C(F)(F)F)CC1. The van der Waals surface area contributed by atoms with Gasteiger partial charge in [-0.05, 0) is 25.0 Å². The van der Waals surface area contributed by atoms with Gasteiger partial charge in [0, 0.05) is 31.1 Å². The first kappa shape index (κ1) is 22.7. The number of anilines is 1. The van der Waals surface area contributed by atoms with Gasteiger partial charge in [-0.2, -0.15) is 17.5 Å². The average Bonchev–Trinajstić information content (AvgIpc) is 3.20. The fourth-order valence-corrected chi connectivity index (χ4v) is 5.55. The number of halogens is 4. The highest BCUT2D eigenvalue weighted by Crippen LogP contribution is 2.40. The summed E-state index contributed by atoms with van der Waals surface area (Å²) in [6, 6.07) is 7.13. The molecule has 2 aliphatic heterocycles. The van der Waals surface area contributed by atoms with Crippen LogP contribution in [0, 0.1) is 5.92 Å². The average molecular weight is 491 g/mol. The maximum absolute atomic E-state index is 13.3. The lowest BCUT2D eigenvalue weighted by molar-refractivity contribution is -0.139. The Bertz CT molecular complexity index is 1150. The van der Waals surface area contributed by atoms with Crippen molar-refractivity contribution in [2.75, 3.05) is 25.2 Å².